The average Bonchev–Trinajstić information content (AvgIpc) is 2.48. The zero-order chi connectivity index (χ0) is 15.7. The number of nitrogens with one attached hydrogen (secondary N) is 2. The Kier molecular flexibility index (Phi) is 6.81. The van der Waals surface area contributed by atoms with Crippen LogP contribution < -0.4 is 10.0 Å². The first-order chi connectivity index (χ1) is 10.00. The van der Waals surface area contributed by atoms with Crippen LogP contribution in [0.15, 0.2) is 18.3 Å². The molecule has 0 bridgehead atoms. The van der Waals surface area contributed by atoms with Gasteiger partial charge in [0.05, 0.1) is 17.9 Å². The molecule has 0 saturated heterocycles. The Morgan fingerprint density at radius 3 is 2.90 bits per heavy atom. The molecule has 0 fully saturated rings. The highest BCUT2D eigenvalue weighted by atomic mass is 32.2. The molecule has 0 saturated carbocycles. The molecule has 1 heterocycles. The molecular weight excluding hydrogens is 294 g/mol. The highest BCUT2D eigenvalue weighted by molar-refractivity contribution is 7.89. The van der Waals surface area contributed by atoms with Crippen molar-refractivity contribution in [1.29, 1.82) is 0 Å². The molecule has 0 unspecified atom stereocenters. The number of nitrogens with zero attached hydrogens (tertiary/aromatic N) is 1. The van der Waals surface area contributed by atoms with Crippen molar-refractivity contribution in [3.05, 3.63) is 29.6 Å². The van der Waals surface area contributed by atoms with E-state index in [0.717, 1.165) is 0 Å². The number of aromatic nitrogens is 1. The van der Waals surface area contributed by atoms with E-state index in [-0.39, 0.29) is 24.6 Å². The number of aliphatic hydroxyl groups excluding tert-OH is 1. The third-order valence-corrected chi connectivity index (χ3v) is 3.81. The van der Waals surface area contributed by atoms with E-state index < -0.39 is 15.9 Å². The molecule has 3 N–H and O–H groups in total. The Hall–Kier alpha value is -1.95. The number of hydrogen-bond acceptors (Lipinski definition) is 5. The Balaban J connectivity index is 2.73. The number of sulfonamides is 1. The van der Waals surface area contributed by atoms with Gasteiger partial charge in [-0.1, -0.05) is 11.8 Å². The summed E-state index contributed by atoms with van der Waals surface area (Å²) in [4.78, 5) is 15.9. The molecule has 8 heteroatoms. The zero-order valence-electron chi connectivity index (χ0n) is 11.6. The van der Waals surface area contributed by atoms with Gasteiger partial charge < -0.3 is 10.4 Å². The minimum absolute atomic E-state index is 0.0257. The molecular formula is C13H17N3O4S. The lowest BCUT2D eigenvalue weighted by Crippen LogP contribution is -2.33. The predicted molar refractivity (Wildman–Crippen MR) is 78.0 cm³/mol. The van der Waals surface area contributed by atoms with Crippen LogP contribution in [0.25, 0.3) is 0 Å². The molecule has 1 aromatic heterocycles. The van der Waals surface area contributed by atoms with Gasteiger partial charge in [-0.3, -0.25) is 4.79 Å². The molecule has 1 rings (SSSR count). The summed E-state index contributed by atoms with van der Waals surface area (Å²) in [6.07, 6.45) is 1.76. The fraction of sp³-hybridized carbons (Fsp3) is 0.385. The molecule has 0 aliphatic carbocycles. The molecule has 0 aliphatic rings. The summed E-state index contributed by atoms with van der Waals surface area (Å²) in [5.74, 6) is 4.75. The van der Waals surface area contributed by atoms with Crippen LogP contribution in [0.2, 0.25) is 0 Å². The molecule has 1 aromatic rings. The molecule has 7 nitrogen and oxygen atoms in total. The van der Waals surface area contributed by atoms with Crippen LogP contribution in [0.4, 0.5) is 0 Å². The number of pyridine rings is 1. The Morgan fingerprint density at radius 1 is 1.48 bits per heavy atom. The van der Waals surface area contributed by atoms with Crippen LogP contribution in [0.1, 0.15) is 22.5 Å². The van der Waals surface area contributed by atoms with Gasteiger partial charge in [0.15, 0.2) is 0 Å². The van der Waals surface area contributed by atoms with Crippen molar-refractivity contribution in [2.45, 2.75) is 6.42 Å². The maximum Gasteiger partial charge on any atom is 0.271 e. The second-order valence-electron chi connectivity index (χ2n) is 3.95. The molecule has 21 heavy (non-hydrogen) atoms. The van der Waals surface area contributed by atoms with Crippen molar-refractivity contribution in [3.63, 3.8) is 0 Å². The van der Waals surface area contributed by atoms with Gasteiger partial charge in [-0.15, -0.1) is 0 Å². The van der Waals surface area contributed by atoms with E-state index in [2.05, 4.69) is 26.9 Å². The number of aliphatic hydroxyl groups is 1. The molecule has 0 radical (unpaired) electrons. The topological polar surface area (TPSA) is 108 Å². The largest absolute Gasteiger partial charge is 0.395 e. The van der Waals surface area contributed by atoms with Crippen molar-refractivity contribution >= 4 is 15.9 Å². The van der Waals surface area contributed by atoms with Crippen LogP contribution in [-0.4, -0.2) is 50.4 Å². The van der Waals surface area contributed by atoms with Crippen molar-refractivity contribution in [3.8, 4) is 11.8 Å². The maximum absolute atomic E-state index is 12.0. The number of rotatable bonds is 6. The van der Waals surface area contributed by atoms with Crippen LogP contribution in [-0.2, 0) is 10.0 Å². The highest BCUT2D eigenvalue weighted by Crippen LogP contribution is 2.03. The van der Waals surface area contributed by atoms with E-state index in [4.69, 9.17) is 5.11 Å². The van der Waals surface area contributed by atoms with E-state index >= 15 is 0 Å². The number of hydrogen-bond donors (Lipinski definition) is 3. The lowest BCUT2D eigenvalue weighted by atomic mass is 10.2. The lowest BCUT2D eigenvalue weighted by Gasteiger charge is -2.06. The van der Waals surface area contributed by atoms with Gasteiger partial charge in [-0.25, -0.2) is 18.1 Å². The molecule has 0 atom stereocenters. The monoisotopic (exact) mass is 311 g/mol. The van der Waals surface area contributed by atoms with Gasteiger partial charge in [-0.2, -0.15) is 0 Å². The Labute approximate surface area is 123 Å². The summed E-state index contributed by atoms with van der Waals surface area (Å²) >= 11 is 0. The third kappa shape index (κ3) is 5.91. The highest BCUT2D eigenvalue weighted by Gasteiger charge is 2.13. The third-order valence-electron chi connectivity index (χ3n) is 2.45. The smallest absolute Gasteiger partial charge is 0.271 e. The average molecular weight is 311 g/mol. The predicted octanol–water partition coefficient (Wildman–Crippen LogP) is -0.905. The standard InChI is InChI=1S/C13H17N3O4S/c1-14-21(19,20)10-8-16-13(18)12-11(5-2-3-9-17)6-4-7-15-12/h4,6-7,14,17H,3,8-10H2,1H3,(H,16,18). The second kappa shape index (κ2) is 8.36. The normalized spacial score (nSPS) is 10.6. The molecule has 0 spiro atoms. The molecule has 0 aromatic carbocycles. The zero-order valence-corrected chi connectivity index (χ0v) is 12.4. The van der Waals surface area contributed by atoms with Crippen LogP contribution in [0.5, 0.6) is 0 Å². The van der Waals surface area contributed by atoms with Gasteiger partial charge in [0.1, 0.15) is 5.69 Å². The van der Waals surface area contributed by atoms with E-state index in [1.807, 2.05) is 0 Å². The van der Waals surface area contributed by atoms with E-state index in [1.54, 1.807) is 12.1 Å². The van der Waals surface area contributed by atoms with Crippen LogP contribution in [0, 0.1) is 11.8 Å². The van der Waals surface area contributed by atoms with E-state index in [9.17, 15) is 13.2 Å². The van der Waals surface area contributed by atoms with Crippen LogP contribution >= 0.6 is 0 Å². The summed E-state index contributed by atoms with van der Waals surface area (Å²) in [7, 11) is -2.06. The SMILES string of the molecule is CNS(=O)(=O)CCNC(=O)c1ncccc1C#CCCO. The number of carbonyl (C=O) groups is 1. The summed E-state index contributed by atoms with van der Waals surface area (Å²) in [5.41, 5.74) is 0.560. The van der Waals surface area contributed by atoms with Crippen molar-refractivity contribution < 1.29 is 18.3 Å². The quantitative estimate of drug-likeness (QED) is 0.590. The molecule has 114 valence electrons. The van der Waals surface area contributed by atoms with Crippen molar-refractivity contribution in [2.24, 2.45) is 0 Å². The van der Waals surface area contributed by atoms with Gasteiger partial charge in [0, 0.05) is 19.2 Å². The van der Waals surface area contributed by atoms with E-state index in [0.29, 0.717) is 12.0 Å². The second-order valence-corrected chi connectivity index (χ2v) is 6.00. The van der Waals surface area contributed by atoms with Gasteiger partial charge >= 0.3 is 0 Å². The van der Waals surface area contributed by atoms with Crippen molar-refractivity contribution in [2.75, 3.05) is 26.0 Å². The first kappa shape index (κ1) is 17.1. The first-order valence-electron chi connectivity index (χ1n) is 6.24. The number of amides is 1. The molecule has 0 aliphatic heterocycles. The molecule has 1 amide bonds. The summed E-state index contributed by atoms with van der Waals surface area (Å²) in [5, 5.41) is 11.2. The van der Waals surface area contributed by atoms with Gasteiger partial charge in [-0.05, 0) is 19.2 Å². The lowest BCUT2D eigenvalue weighted by molar-refractivity contribution is 0.0951. The van der Waals surface area contributed by atoms with E-state index in [1.165, 1.54) is 13.2 Å². The minimum Gasteiger partial charge on any atom is -0.395 e. The fourth-order valence-electron chi connectivity index (χ4n) is 1.39. The fourth-order valence-corrected chi connectivity index (χ4v) is 1.96. The van der Waals surface area contributed by atoms with Crippen molar-refractivity contribution in [1.82, 2.24) is 15.0 Å². The van der Waals surface area contributed by atoms with Gasteiger partial charge in [0.2, 0.25) is 10.0 Å². The summed E-state index contributed by atoms with van der Waals surface area (Å²) in [6.45, 7) is -0.0846. The first-order valence-corrected chi connectivity index (χ1v) is 7.89. The van der Waals surface area contributed by atoms with Crippen LogP contribution in [0.3, 0.4) is 0 Å². The summed E-state index contributed by atoms with van der Waals surface area (Å²) < 4.78 is 24.6. The van der Waals surface area contributed by atoms with Gasteiger partial charge in [0.25, 0.3) is 5.91 Å². The Morgan fingerprint density at radius 2 is 2.24 bits per heavy atom. The maximum atomic E-state index is 12.0. The summed E-state index contributed by atoms with van der Waals surface area (Å²) in [6, 6.07) is 3.28. The number of carbonyl (C=O) groups excluding carboxylic acids is 1. The Bertz CT molecular complexity index is 647. The minimum atomic E-state index is -3.37.